The molecular formula is C16H9Cl2F3N2O4S. The summed E-state index contributed by atoms with van der Waals surface area (Å²) in [4.78, 5) is 18.5. The van der Waals surface area contributed by atoms with Crippen molar-refractivity contribution in [3.63, 3.8) is 0 Å². The van der Waals surface area contributed by atoms with E-state index in [1.54, 1.807) is 6.07 Å². The molecule has 0 bridgehead atoms. The summed E-state index contributed by atoms with van der Waals surface area (Å²) >= 11 is 10.0. The van der Waals surface area contributed by atoms with Gasteiger partial charge in [-0.15, -0.1) is 0 Å². The van der Waals surface area contributed by atoms with Crippen LogP contribution in [0.4, 0.5) is 13.2 Å². The third kappa shape index (κ3) is 5.43. The molecule has 2 rings (SSSR count). The van der Waals surface area contributed by atoms with Crippen LogP contribution in [0, 0.1) is 11.3 Å². The van der Waals surface area contributed by atoms with Crippen molar-refractivity contribution in [1.82, 2.24) is 4.89 Å². The van der Waals surface area contributed by atoms with E-state index in [0.717, 1.165) is 6.07 Å². The van der Waals surface area contributed by atoms with Gasteiger partial charge < -0.3 is 14.1 Å². The Bertz CT molecular complexity index is 925. The van der Waals surface area contributed by atoms with Crippen LogP contribution in [0.3, 0.4) is 0 Å². The molecule has 2 aromatic carbocycles. The minimum Gasteiger partial charge on any atom is -0.596 e. The highest BCUT2D eigenvalue weighted by molar-refractivity contribution is 7.88. The fourth-order valence-corrected chi connectivity index (χ4v) is 2.70. The van der Waals surface area contributed by atoms with E-state index in [9.17, 15) is 22.5 Å². The maximum Gasteiger partial charge on any atom is 0.416 e. The van der Waals surface area contributed by atoms with E-state index in [2.05, 4.69) is 4.84 Å². The van der Waals surface area contributed by atoms with E-state index in [0.29, 0.717) is 12.1 Å². The molecule has 0 radical (unpaired) electrons. The predicted molar refractivity (Wildman–Crippen MR) is 95.3 cm³/mol. The van der Waals surface area contributed by atoms with Crippen LogP contribution in [-0.4, -0.2) is 16.8 Å². The first-order valence-corrected chi connectivity index (χ1v) is 9.42. The van der Waals surface area contributed by atoms with E-state index >= 15 is 0 Å². The van der Waals surface area contributed by atoms with Crippen molar-refractivity contribution in [2.75, 3.05) is 6.26 Å². The van der Waals surface area contributed by atoms with Crippen LogP contribution in [-0.2, 0) is 22.4 Å². The van der Waals surface area contributed by atoms with Gasteiger partial charge in [0.25, 0.3) is 0 Å². The first kappa shape index (κ1) is 22.1. The van der Waals surface area contributed by atoms with Gasteiger partial charge in [0.15, 0.2) is 5.75 Å². The number of nitrogens with one attached hydrogen (secondary N) is 1. The maximum absolute atomic E-state index is 12.8. The standard InChI is InChI=1S/C16H9Cl2F3N2O4S/c1-28(25)23-27-15(24)11-6-10(3-2-8(11)7-22)26-14-12(17)4-9(5-13(14)18)16(19,20)21/h2-6,23H,1H3. The van der Waals surface area contributed by atoms with E-state index in [-0.39, 0.29) is 22.6 Å². The lowest BCUT2D eigenvalue weighted by Gasteiger charge is -2.14. The van der Waals surface area contributed by atoms with Crippen molar-refractivity contribution < 1.29 is 32.1 Å². The Morgan fingerprint density at radius 2 is 1.86 bits per heavy atom. The van der Waals surface area contributed by atoms with Crippen LogP contribution in [0.1, 0.15) is 21.5 Å². The molecule has 148 valence electrons. The lowest BCUT2D eigenvalue weighted by atomic mass is 10.1. The van der Waals surface area contributed by atoms with Crippen molar-refractivity contribution >= 4 is 40.5 Å². The van der Waals surface area contributed by atoms with Crippen LogP contribution < -0.4 is 9.62 Å². The second-order valence-electron chi connectivity index (χ2n) is 5.12. The van der Waals surface area contributed by atoms with Crippen LogP contribution >= 0.6 is 23.2 Å². The molecule has 28 heavy (non-hydrogen) atoms. The zero-order chi connectivity index (χ0) is 21.1. The summed E-state index contributed by atoms with van der Waals surface area (Å²) < 4.78 is 54.7. The number of rotatable bonds is 5. The van der Waals surface area contributed by atoms with Gasteiger partial charge in [-0.2, -0.15) is 18.4 Å². The van der Waals surface area contributed by atoms with Gasteiger partial charge in [0.2, 0.25) is 0 Å². The first-order valence-electron chi connectivity index (χ1n) is 7.11. The Labute approximate surface area is 170 Å². The molecule has 0 aliphatic rings. The third-order valence-electron chi connectivity index (χ3n) is 3.13. The molecule has 0 fully saturated rings. The second kappa shape index (κ2) is 8.89. The molecule has 0 saturated carbocycles. The number of hydrogen-bond acceptors (Lipinski definition) is 6. The predicted octanol–water partition coefficient (Wildman–Crippen LogP) is 4.63. The van der Waals surface area contributed by atoms with Gasteiger partial charge in [-0.25, -0.2) is 4.79 Å². The molecule has 0 amide bonds. The largest absolute Gasteiger partial charge is 0.596 e. The van der Waals surface area contributed by atoms with Crippen LogP contribution in [0.2, 0.25) is 10.0 Å². The number of ether oxygens (including phenoxy) is 1. The number of benzene rings is 2. The van der Waals surface area contributed by atoms with Crippen LogP contribution in [0.25, 0.3) is 0 Å². The zero-order valence-corrected chi connectivity index (χ0v) is 16.1. The number of carbonyl (C=O) groups is 1. The number of halogens is 5. The fourth-order valence-electron chi connectivity index (χ4n) is 1.94. The minimum atomic E-state index is -4.65. The summed E-state index contributed by atoms with van der Waals surface area (Å²) in [6.45, 7) is 0. The Morgan fingerprint density at radius 1 is 1.25 bits per heavy atom. The van der Waals surface area contributed by atoms with E-state index in [4.69, 9.17) is 33.2 Å². The fraction of sp³-hybridized carbons (Fsp3) is 0.125. The Kier molecular flexibility index (Phi) is 7.03. The number of hydrogen-bond donors (Lipinski definition) is 1. The maximum atomic E-state index is 12.8. The van der Waals surface area contributed by atoms with E-state index in [1.807, 2.05) is 4.89 Å². The molecule has 0 aliphatic carbocycles. The summed E-state index contributed by atoms with van der Waals surface area (Å²) in [7, 11) is 0. The summed E-state index contributed by atoms with van der Waals surface area (Å²) in [5.41, 5.74) is -1.37. The Balaban J connectivity index is 2.36. The number of alkyl halides is 3. The number of carbonyl (C=O) groups excluding carboxylic acids is 1. The molecular weight excluding hydrogens is 444 g/mol. The molecule has 6 nitrogen and oxygen atoms in total. The smallest absolute Gasteiger partial charge is 0.416 e. The molecule has 1 N–H and O–H groups in total. The molecule has 0 spiro atoms. The summed E-state index contributed by atoms with van der Waals surface area (Å²) in [6.07, 6.45) is -3.43. The highest BCUT2D eigenvalue weighted by Crippen LogP contribution is 2.41. The normalized spacial score (nSPS) is 12.2. The SMILES string of the molecule is C[S+]([O-])NOC(=O)c1cc(Oc2c(Cl)cc(C(F)(F)F)cc2Cl)ccc1C#N. The zero-order valence-electron chi connectivity index (χ0n) is 13.8. The van der Waals surface area contributed by atoms with Crippen molar-refractivity contribution in [1.29, 1.82) is 5.26 Å². The molecule has 1 atom stereocenters. The molecule has 2 aromatic rings. The molecule has 1 unspecified atom stereocenters. The molecule has 0 heterocycles. The average molecular weight is 453 g/mol. The molecule has 0 saturated heterocycles. The van der Waals surface area contributed by atoms with Crippen molar-refractivity contribution in [3.05, 3.63) is 57.1 Å². The van der Waals surface area contributed by atoms with E-state index in [1.165, 1.54) is 18.4 Å². The number of nitriles is 1. The summed E-state index contributed by atoms with van der Waals surface area (Å²) in [6, 6.07) is 6.66. The van der Waals surface area contributed by atoms with Gasteiger partial charge in [0.1, 0.15) is 18.1 Å². The van der Waals surface area contributed by atoms with Gasteiger partial charge in [-0.3, -0.25) is 0 Å². The molecule has 12 heteroatoms. The Hall–Kier alpha value is -2.16. The molecule has 0 aliphatic heterocycles. The second-order valence-corrected chi connectivity index (χ2v) is 7.00. The van der Waals surface area contributed by atoms with Gasteiger partial charge >= 0.3 is 12.1 Å². The minimum absolute atomic E-state index is 0.0490. The third-order valence-corrected chi connectivity index (χ3v) is 4.01. The van der Waals surface area contributed by atoms with Crippen LogP contribution in [0.5, 0.6) is 11.5 Å². The lowest BCUT2D eigenvalue weighted by Crippen LogP contribution is -2.26. The molecule has 0 aromatic heterocycles. The average Bonchev–Trinajstić information content (AvgIpc) is 2.61. The van der Waals surface area contributed by atoms with Gasteiger partial charge in [0, 0.05) is 4.89 Å². The summed E-state index contributed by atoms with van der Waals surface area (Å²) in [5.74, 6) is -1.35. The lowest BCUT2D eigenvalue weighted by molar-refractivity contribution is -0.137. The van der Waals surface area contributed by atoms with Crippen molar-refractivity contribution in [3.8, 4) is 17.6 Å². The highest BCUT2D eigenvalue weighted by Gasteiger charge is 2.32. The van der Waals surface area contributed by atoms with Gasteiger partial charge in [-0.05, 0) is 30.3 Å². The quantitative estimate of drug-likeness (QED) is 0.524. The Morgan fingerprint density at radius 3 is 2.36 bits per heavy atom. The monoisotopic (exact) mass is 452 g/mol. The number of nitrogens with zero attached hydrogens (tertiary/aromatic N) is 1. The van der Waals surface area contributed by atoms with Crippen LogP contribution in [0.15, 0.2) is 30.3 Å². The topological polar surface area (TPSA) is 94.4 Å². The highest BCUT2D eigenvalue weighted by atomic mass is 35.5. The van der Waals surface area contributed by atoms with Gasteiger partial charge in [-0.1, -0.05) is 23.2 Å². The van der Waals surface area contributed by atoms with Crippen molar-refractivity contribution in [2.24, 2.45) is 0 Å². The van der Waals surface area contributed by atoms with E-state index < -0.39 is 39.1 Å². The summed E-state index contributed by atoms with van der Waals surface area (Å²) in [5, 5.41) is 8.28. The van der Waals surface area contributed by atoms with Gasteiger partial charge in [0.05, 0.1) is 38.1 Å². The van der Waals surface area contributed by atoms with Crippen molar-refractivity contribution in [2.45, 2.75) is 6.18 Å². The first-order chi connectivity index (χ1) is 13.0.